The summed E-state index contributed by atoms with van der Waals surface area (Å²) in [5, 5.41) is 0.714. The molecule has 0 heterocycles. The highest BCUT2D eigenvalue weighted by Gasteiger charge is 2.19. The van der Waals surface area contributed by atoms with Gasteiger partial charge >= 0.3 is 0 Å². The monoisotopic (exact) mass is 262 g/mol. The largest absolute Gasteiger partial charge is 0.477 e. The first-order chi connectivity index (χ1) is 7.60. The van der Waals surface area contributed by atoms with E-state index in [2.05, 4.69) is 0 Å². The molecule has 0 saturated heterocycles. The van der Waals surface area contributed by atoms with Crippen LogP contribution in [-0.2, 0) is 4.79 Å². The Balaban J connectivity index is 2.90. The Morgan fingerprint density at radius 1 is 1.50 bits per heavy atom. The SMILES string of the molecule is CCC(Oc1c(Cl)cccc1Cl)C(=O)NN. The molecular formula is C10H12Cl2N2O2. The molecular weight excluding hydrogens is 251 g/mol. The zero-order valence-corrected chi connectivity index (χ0v) is 10.2. The first-order valence-corrected chi connectivity index (χ1v) is 5.46. The van der Waals surface area contributed by atoms with Gasteiger partial charge in [-0.05, 0) is 18.6 Å². The number of rotatable bonds is 4. The van der Waals surface area contributed by atoms with Crippen LogP contribution in [0.25, 0.3) is 0 Å². The number of carbonyl (C=O) groups is 1. The van der Waals surface area contributed by atoms with Crippen molar-refractivity contribution in [2.75, 3.05) is 0 Å². The highest BCUT2D eigenvalue weighted by atomic mass is 35.5. The molecule has 1 aromatic rings. The van der Waals surface area contributed by atoms with Crippen molar-refractivity contribution in [2.45, 2.75) is 19.4 Å². The van der Waals surface area contributed by atoms with Gasteiger partial charge in [-0.2, -0.15) is 0 Å². The maximum absolute atomic E-state index is 11.3. The van der Waals surface area contributed by atoms with E-state index < -0.39 is 12.0 Å². The lowest BCUT2D eigenvalue weighted by Gasteiger charge is -2.17. The molecule has 6 heteroatoms. The second-order valence-corrected chi connectivity index (χ2v) is 3.89. The summed E-state index contributed by atoms with van der Waals surface area (Å²) in [6, 6.07) is 4.97. The van der Waals surface area contributed by atoms with Crippen molar-refractivity contribution in [1.29, 1.82) is 0 Å². The van der Waals surface area contributed by atoms with Gasteiger partial charge in [-0.1, -0.05) is 36.2 Å². The van der Waals surface area contributed by atoms with E-state index in [9.17, 15) is 4.79 Å². The smallest absolute Gasteiger partial charge is 0.274 e. The third kappa shape index (κ3) is 3.01. The summed E-state index contributed by atoms with van der Waals surface area (Å²) in [6.45, 7) is 1.80. The van der Waals surface area contributed by atoms with Crippen LogP contribution < -0.4 is 16.0 Å². The first kappa shape index (κ1) is 13.1. The van der Waals surface area contributed by atoms with Crippen LogP contribution in [0, 0.1) is 0 Å². The van der Waals surface area contributed by atoms with Gasteiger partial charge < -0.3 is 4.74 Å². The molecule has 88 valence electrons. The highest BCUT2D eigenvalue weighted by Crippen LogP contribution is 2.33. The summed E-state index contributed by atoms with van der Waals surface area (Å²) in [6.07, 6.45) is -0.243. The third-order valence-corrected chi connectivity index (χ3v) is 2.58. The fourth-order valence-corrected chi connectivity index (χ4v) is 1.64. The van der Waals surface area contributed by atoms with Crippen molar-refractivity contribution < 1.29 is 9.53 Å². The lowest BCUT2D eigenvalue weighted by Crippen LogP contribution is -2.41. The van der Waals surface area contributed by atoms with Gasteiger partial charge in [0.05, 0.1) is 10.0 Å². The number of carbonyl (C=O) groups excluding carboxylic acids is 1. The number of nitrogens with two attached hydrogens (primary N) is 1. The average molecular weight is 263 g/mol. The van der Waals surface area contributed by atoms with Gasteiger partial charge in [-0.25, -0.2) is 5.84 Å². The number of benzene rings is 1. The zero-order chi connectivity index (χ0) is 12.1. The van der Waals surface area contributed by atoms with E-state index in [-0.39, 0.29) is 0 Å². The van der Waals surface area contributed by atoms with E-state index in [0.29, 0.717) is 22.2 Å². The number of halogens is 2. The van der Waals surface area contributed by atoms with Crippen molar-refractivity contribution in [2.24, 2.45) is 5.84 Å². The van der Waals surface area contributed by atoms with Gasteiger partial charge in [0.15, 0.2) is 11.9 Å². The Labute approximate surface area is 104 Å². The van der Waals surface area contributed by atoms with E-state index in [1.54, 1.807) is 25.1 Å². The molecule has 0 saturated carbocycles. The van der Waals surface area contributed by atoms with Crippen LogP contribution in [0.1, 0.15) is 13.3 Å². The molecule has 0 aliphatic heterocycles. The van der Waals surface area contributed by atoms with Crippen LogP contribution in [0.3, 0.4) is 0 Å². The van der Waals surface area contributed by atoms with Gasteiger partial charge in [0.1, 0.15) is 0 Å². The fourth-order valence-electron chi connectivity index (χ4n) is 1.15. The van der Waals surface area contributed by atoms with Gasteiger partial charge in [0.2, 0.25) is 0 Å². The van der Waals surface area contributed by atoms with E-state index in [0.717, 1.165) is 0 Å². The van der Waals surface area contributed by atoms with Crippen LogP contribution in [0.4, 0.5) is 0 Å². The summed E-state index contributed by atoms with van der Waals surface area (Å²) in [7, 11) is 0. The van der Waals surface area contributed by atoms with Crippen LogP contribution in [0.2, 0.25) is 10.0 Å². The minimum Gasteiger partial charge on any atom is -0.477 e. The number of ether oxygens (including phenoxy) is 1. The van der Waals surface area contributed by atoms with Crippen molar-refractivity contribution in [3.05, 3.63) is 28.2 Å². The van der Waals surface area contributed by atoms with Crippen molar-refractivity contribution in [1.82, 2.24) is 5.43 Å². The van der Waals surface area contributed by atoms with Crippen molar-refractivity contribution in [3.8, 4) is 5.75 Å². The summed E-state index contributed by atoms with van der Waals surface area (Å²) in [5.74, 6) is 4.91. The summed E-state index contributed by atoms with van der Waals surface area (Å²) >= 11 is 11.8. The van der Waals surface area contributed by atoms with Crippen LogP contribution in [-0.4, -0.2) is 12.0 Å². The molecule has 0 bridgehead atoms. The molecule has 0 aromatic heterocycles. The average Bonchev–Trinajstić information content (AvgIpc) is 2.28. The molecule has 1 atom stereocenters. The topological polar surface area (TPSA) is 64.3 Å². The molecule has 16 heavy (non-hydrogen) atoms. The molecule has 0 aliphatic carbocycles. The zero-order valence-electron chi connectivity index (χ0n) is 8.67. The van der Waals surface area contributed by atoms with E-state index in [1.165, 1.54) is 0 Å². The fraction of sp³-hybridized carbons (Fsp3) is 0.300. The van der Waals surface area contributed by atoms with Crippen molar-refractivity contribution in [3.63, 3.8) is 0 Å². The number of hydrogen-bond donors (Lipinski definition) is 2. The summed E-state index contributed by atoms with van der Waals surface area (Å²) in [5.41, 5.74) is 2.03. The van der Waals surface area contributed by atoms with E-state index in [1.807, 2.05) is 5.43 Å². The van der Waals surface area contributed by atoms with Gasteiger partial charge in [-0.15, -0.1) is 0 Å². The lowest BCUT2D eigenvalue weighted by molar-refractivity contribution is -0.128. The minimum atomic E-state index is -0.706. The standard InChI is InChI=1S/C10H12Cl2N2O2/c1-2-8(10(15)14-13)16-9-6(11)4-3-5-7(9)12/h3-5,8H,2,13H2,1H3,(H,14,15). The Hall–Kier alpha value is -0.970. The highest BCUT2D eigenvalue weighted by molar-refractivity contribution is 6.37. The molecule has 4 nitrogen and oxygen atoms in total. The molecule has 1 aromatic carbocycles. The number of para-hydroxylation sites is 1. The summed E-state index contributed by atoms with van der Waals surface area (Å²) in [4.78, 5) is 11.3. The first-order valence-electron chi connectivity index (χ1n) is 4.71. The Morgan fingerprint density at radius 3 is 2.50 bits per heavy atom. The predicted octanol–water partition coefficient (Wildman–Crippen LogP) is 2.14. The van der Waals surface area contributed by atoms with Crippen LogP contribution >= 0.6 is 23.2 Å². The maximum atomic E-state index is 11.3. The molecule has 0 radical (unpaired) electrons. The Kier molecular flexibility index (Phi) is 4.86. The second-order valence-electron chi connectivity index (χ2n) is 3.07. The quantitative estimate of drug-likeness (QED) is 0.497. The van der Waals surface area contributed by atoms with E-state index in [4.69, 9.17) is 33.8 Å². The van der Waals surface area contributed by atoms with Crippen LogP contribution in [0.5, 0.6) is 5.75 Å². The molecule has 1 unspecified atom stereocenters. The molecule has 0 spiro atoms. The number of nitrogens with one attached hydrogen (secondary N) is 1. The predicted molar refractivity (Wildman–Crippen MR) is 63.5 cm³/mol. The molecule has 1 rings (SSSR count). The molecule has 1 amide bonds. The molecule has 0 aliphatic rings. The number of hydrazine groups is 1. The molecule has 3 N–H and O–H groups in total. The van der Waals surface area contributed by atoms with Crippen LogP contribution in [0.15, 0.2) is 18.2 Å². The maximum Gasteiger partial charge on any atom is 0.274 e. The third-order valence-electron chi connectivity index (χ3n) is 1.98. The van der Waals surface area contributed by atoms with Gasteiger partial charge in [0.25, 0.3) is 5.91 Å². The van der Waals surface area contributed by atoms with Gasteiger partial charge in [0, 0.05) is 0 Å². The van der Waals surface area contributed by atoms with Gasteiger partial charge in [-0.3, -0.25) is 10.2 Å². The van der Waals surface area contributed by atoms with E-state index >= 15 is 0 Å². The van der Waals surface area contributed by atoms with Crippen molar-refractivity contribution >= 4 is 29.1 Å². The number of hydrogen-bond acceptors (Lipinski definition) is 3. The number of amides is 1. The minimum absolute atomic E-state index is 0.293. The normalized spacial score (nSPS) is 12.0. The lowest BCUT2D eigenvalue weighted by atomic mass is 10.2. The molecule has 0 fully saturated rings. The Morgan fingerprint density at radius 2 is 2.06 bits per heavy atom. The summed E-state index contributed by atoms with van der Waals surface area (Å²) < 4.78 is 5.42. The Bertz CT molecular complexity index is 365. The second kappa shape index (κ2) is 5.94.